The highest BCUT2D eigenvalue weighted by Gasteiger charge is 2.26. The van der Waals surface area contributed by atoms with Crippen LogP contribution >= 0.6 is 0 Å². The van der Waals surface area contributed by atoms with Gasteiger partial charge in [-0.15, -0.1) is 0 Å². The zero-order valence-electron chi connectivity index (χ0n) is 14.0. The monoisotopic (exact) mass is 376 g/mol. The molecule has 1 aliphatic rings. The minimum atomic E-state index is -4.01. The Labute approximate surface area is 150 Å². The quantitative estimate of drug-likeness (QED) is 0.790. The Morgan fingerprint density at radius 2 is 1.96 bits per heavy atom. The summed E-state index contributed by atoms with van der Waals surface area (Å²) in [6, 6.07) is 10.2. The van der Waals surface area contributed by atoms with Crippen LogP contribution in [0.15, 0.2) is 47.4 Å². The van der Waals surface area contributed by atoms with Gasteiger partial charge in [0, 0.05) is 0 Å². The number of methoxy groups -OCH3 is 1. The van der Waals surface area contributed by atoms with Crippen molar-refractivity contribution in [1.82, 2.24) is 0 Å². The molecule has 0 aliphatic carbocycles. The maximum Gasteiger partial charge on any atom is 0.339 e. The smallest absolute Gasteiger partial charge is 0.339 e. The molecule has 1 aliphatic heterocycles. The maximum absolute atomic E-state index is 12.7. The molecule has 2 aromatic carbocycles. The van der Waals surface area contributed by atoms with Crippen LogP contribution in [-0.4, -0.2) is 33.5 Å². The molecule has 0 radical (unpaired) electrons. The molecule has 26 heavy (non-hydrogen) atoms. The number of carbonyl (C=O) groups is 2. The molecule has 1 heterocycles. The summed E-state index contributed by atoms with van der Waals surface area (Å²) in [5.41, 5.74) is 0.435. The van der Waals surface area contributed by atoms with E-state index in [1.165, 1.54) is 37.4 Å². The minimum absolute atomic E-state index is 0.0852. The summed E-state index contributed by atoms with van der Waals surface area (Å²) >= 11 is 0. The van der Waals surface area contributed by atoms with E-state index in [4.69, 9.17) is 4.74 Å². The van der Waals surface area contributed by atoms with Gasteiger partial charge >= 0.3 is 5.97 Å². The van der Waals surface area contributed by atoms with Crippen LogP contribution in [0.2, 0.25) is 0 Å². The Morgan fingerprint density at radius 3 is 2.69 bits per heavy atom. The van der Waals surface area contributed by atoms with Gasteiger partial charge in [0.15, 0.2) is 6.10 Å². The SMILES string of the molecule is COC(=O)c1ccccc1NS(=O)(=O)c1ccc2c(c1)NC(=O)C(C)O2. The van der Waals surface area contributed by atoms with Crippen molar-refractivity contribution in [3.05, 3.63) is 48.0 Å². The summed E-state index contributed by atoms with van der Waals surface area (Å²) in [6.45, 7) is 1.59. The third-order valence-corrected chi connectivity index (χ3v) is 5.13. The standard InChI is InChI=1S/C17H16N2O6S/c1-10-16(20)18-14-9-11(7-8-15(14)25-10)26(22,23)19-13-6-4-3-5-12(13)17(21)24-2/h3-10,19H,1-2H3,(H,18,20). The Balaban J connectivity index is 1.94. The second kappa shape index (κ2) is 6.68. The Bertz CT molecular complexity index is 986. The number of esters is 1. The number of ether oxygens (including phenoxy) is 2. The van der Waals surface area contributed by atoms with Crippen molar-refractivity contribution in [3.8, 4) is 5.75 Å². The molecule has 1 atom stereocenters. The summed E-state index contributed by atoms with van der Waals surface area (Å²) in [5.74, 6) is -0.648. The lowest BCUT2D eigenvalue weighted by Gasteiger charge is -2.23. The van der Waals surface area contributed by atoms with Crippen LogP contribution in [-0.2, 0) is 19.6 Å². The van der Waals surface area contributed by atoms with Gasteiger partial charge in [-0.1, -0.05) is 12.1 Å². The number of fused-ring (bicyclic) bond motifs is 1. The van der Waals surface area contributed by atoms with E-state index < -0.39 is 22.1 Å². The molecule has 3 rings (SSSR count). The van der Waals surface area contributed by atoms with E-state index >= 15 is 0 Å². The lowest BCUT2D eigenvalue weighted by Crippen LogP contribution is -2.34. The third kappa shape index (κ3) is 3.33. The van der Waals surface area contributed by atoms with Crippen molar-refractivity contribution in [3.63, 3.8) is 0 Å². The van der Waals surface area contributed by atoms with E-state index in [0.717, 1.165) is 0 Å². The fourth-order valence-electron chi connectivity index (χ4n) is 2.42. The molecule has 0 fully saturated rings. The average Bonchev–Trinajstić information content (AvgIpc) is 2.61. The van der Waals surface area contributed by atoms with Gasteiger partial charge in [-0.3, -0.25) is 9.52 Å². The van der Waals surface area contributed by atoms with Gasteiger partial charge in [0.05, 0.1) is 28.9 Å². The lowest BCUT2D eigenvalue weighted by atomic mass is 10.2. The lowest BCUT2D eigenvalue weighted by molar-refractivity contribution is -0.122. The molecule has 0 saturated heterocycles. The van der Waals surface area contributed by atoms with Crippen molar-refractivity contribution >= 4 is 33.3 Å². The minimum Gasteiger partial charge on any atom is -0.479 e. The molecule has 0 saturated carbocycles. The first-order valence-corrected chi connectivity index (χ1v) is 9.12. The number of carbonyl (C=O) groups excluding carboxylic acids is 2. The van der Waals surface area contributed by atoms with Gasteiger partial charge in [0.2, 0.25) is 0 Å². The zero-order valence-corrected chi connectivity index (χ0v) is 14.8. The van der Waals surface area contributed by atoms with Crippen LogP contribution in [0.4, 0.5) is 11.4 Å². The predicted octanol–water partition coefficient (Wildman–Crippen LogP) is 1.99. The van der Waals surface area contributed by atoms with Gasteiger partial charge in [-0.2, -0.15) is 0 Å². The normalized spacial score (nSPS) is 16.1. The molecular weight excluding hydrogens is 360 g/mol. The highest BCUT2D eigenvalue weighted by Crippen LogP contribution is 2.32. The van der Waals surface area contributed by atoms with Crippen LogP contribution in [0.1, 0.15) is 17.3 Å². The zero-order chi connectivity index (χ0) is 18.9. The second-order valence-electron chi connectivity index (χ2n) is 5.55. The van der Waals surface area contributed by atoms with Gasteiger partial charge in [0.1, 0.15) is 5.75 Å². The van der Waals surface area contributed by atoms with Gasteiger partial charge < -0.3 is 14.8 Å². The Kier molecular flexibility index (Phi) is 4.56. The maximum atomic E-state index is 12.7. The Morgan fingerprint density at radius 1 is 1.23 bits per heavy atom. The summed E-state index contributed by atoms with van der Waals surface area (Å²) < 4.78 is 37.8. The van der Waals surface area contributed by atoms with Crippen molar-refractivity contribution in [2.75, 3.05) is 17.1 Å². The van der Waals surface area contributed by atoms with Gasteiger partial charge in [0.25, 0.3) is 15.9 Å². The van der Waals surface area contributed by atoms with Crippen LogP contribution in [0.5, 0.6) is 5.75 Å². The molecule has 1 amide bonds. The molecule has 1 unspecified atom stereocenters. The number of benzene rings is 2. The number of anilines is 2. The highest BCUT2D eigenvalue weighted by molar-refractivity contribution is 7.92. The number of rotatable bonds is 4. The van der Waals surface area contributed by atoms with Gasteiger partial charge in [-0.05, 0) is 37.3 Å². The van der Waals surface area contributed by atoms with Crippen molar-refractivity contribution < 1.29 is 27.5 Å². The molecule has 0 spiro atoms. The number of hydrogen-bond acceptors (Lipinski definition) is 6. The molecule has 136 valence electrons. The first-order chi connectivity index (χ1) is 12.3. The van der Waals surface area contributed by atoms with Crippen molar-refractivity contribution in [2.45, 2.75) is 17.9 Å². The van der Waals surface area contributed by atoms with E-state index in [1.807, 2.05) is 0 Å². The van der Waals surface area contributed by atoms with E-state index in [0.29, 0.717) is 5.75 Å². The second-order valence-corrected chi connectivity index (χ2v) is 7.23. The molecule has 9 heteroatoms. The number of nitrogens with one attached hydrogen (secondary N) is 2. The summed E-state index contributed by atoms with van der Waals surface area (Å²) in [5, 5.41) is 2.59. The first-order valence-electron chi connectivity index (χ1n) is 7.63. The van der Waals surface area contributed by atoms with Gasteiger partial charge in [-0.25, -0.2) is 13.2 Å². The fraction of sp³-hybridized carbons (Fsp3) is 0.176. The number of para-hydroxylation sites is 1. The topological polar surface area (TPSA) is 111 Å². The third-order valence-electron chi connectivity index (χ3n) is 3.77. The van der Waals surface area contributed by atoms with E-state index in [-0.39, 0.29) is 27.7 Å². The van der Waals surface area contributed by atoms with Crippen LogP contribution < -0.4 is 14.8 Å². The molecule has 2 aromatic rings. The molecule has 0 aromatic heterocycles. The summed E-state index contributed by atoms with van der Waals surface area (Å²) in [7, 11) is -2.80. The van der Waals surface area contributed by atoms with E-state index in [9.17, 15) is 18.0 Å². The Hall–Kier alpha value is -3.07. The predicted molar refractivity (Wildman–Crippen MR) is 93.8 cm³/mol. The van der Waals surface area contributed by atoms with Crippen molar-refractivity contribution in [2.24, 2.45) is 0 Å². The number of amides is 1. The largest absolute Gasteiger partial charge is 0.479 e. The number of hydrogen-bond donors (Lipinski definition) is 2. The number of sulfonamides is 1. The summed E-state index contributed by atoms with van der Waals surface area (Å²) in [4.78, 5) is 23.4. The fourth-order valence-corrected chi connectivity index (χ4v) is 3.52. The van der Waals surface area contributed by atoms with Crippen LogP contribution in [0, 0.1) is 0 Å². The molecule has 2 N–H and O–H groups in total. The van der Waals surface area contributed by atoms with Crippen LogP contribution in [0.3, 0.4) is 0 Å². The van der Waals surface area contributed by atoms with E-state index in [2.05, 4.69) is 14.8 Å². The molecule has 8 nitrogen and oxygen atoms in total. The van der Waals surface area contributed by atoms with E-state index in [1.54, 1.807) is 19.1 Å². The molecular formula is C17H16N2O6S. The van der Waals surface area contributed by atoms with Crippen LogP contribution in [0.25, 0.3) is 0 Å². The first kappa shape index (κ1) is 17.7. The highest BCUT2D eigenvalue weighted by atomic mass is 32.2. The molecule has 0 bridgehead atoms. The average molecular weight is 376 g/mol. The summed E-state index contributed by atoms with van der Waals surface area (Å²) in [6.07, 6.45) is -0.657. The van der Waals surface area contributed by atoms with Crippen molar-refractivity contribution in [1.29, 1.82) is 0 Å².